The van der Waals surface area contributed by atoms with Gasteiger partial charge in [0.05, 0.1) is 0 Å². The normalized spacial score (nSPS) is 27.2. The predicted octanol–water partition coefficient (Wildman–Crippen LogP) is 3.04. The molecule has 0 amide bonds. The fraction of sp³-hybridized carbons (Fsp3) is 0.235. The van der Waals surface area contributed by atoms with Crippen molar-refractivity contribution < 1.29 is 87.3 Å². The van der Waals surface area contributed by atoms with Gasteiger partial charge in [0.25, 0.3) is 0 Å². The van der Waals surface area contributed by atoms with E-state index in [0.29, 0.717) is 0 Å². The van der Waals surface area contributed by atoms with Crippen molar-refractivity contribution in [2.45, 2.75) is 50.1 Å². The second-order valence-electron chi connectivity index (χ2n) is 16.7. The Hall–Kier alpha value is -8.23. The molecule has 0 bridgehead atoms. The highest BCUT2D eigenvalue weighted by atomic mass is 16.6. The van der Waals surface area contributed by atoms with Gasteiger partial charge in [-0.05, 0) is 70.2 Å². The first-order valence-corrected chi connectivity index (χ1v) is 21.2. The van der Waals surface area contributed by atoms with Crippen LogP contribution in [0.2, 0.25) is 0 Å². The van der Waals surface area contributed by atoms with Gasteiger partial charge in [-0.2, -0.15) is 0 Å². The summed E-state index contributed by atoms with van der Waals surface area (Å²) in [4.78, 5) is 120. The number of Topliss-reactive ketones (excluding diaryl/α,β-unsaturated/α-hetero) is 4. The van der Waals surface area contributed by atoms with Gasteiger partial charge in [-0.15, -0.1) is 0 Å². The number of ether oxygens (including phenoxy) is 4. The number of fused-ring (bicyclic) bond motifs is 1. The van der Waals surface area contributed by atoms with Crippen LogP contribution in [-0.4, -0.2) is 94.9 Å². The smallest absolute Gasteiger partial charge is 0.322 e. The zero-order chi connectivity index (χ0) is 51.1. The average Bonchev–Trinajstić information content (AvgIpc) is 3.30. The summed E-state index contributed by atoms with van der Waals surface area (Å²) >= 11 is 0. The zero-order valence-corrected chi connectivity index (χ0v) is 37.4. The minimum atomic E-state index is -2.46. The highest BCUT2D eigenvalue weighted by Crippen LogP contribution is 2.42. The van der Waals surface area contributed by atoms with Crippen LogP contribution in [0.25, 0.3) is 22.3 Å². The van der Waals surface area contributed by atoms with Crippen LogP contribution in [0.3, 0.4) is 0 Å². The molecule has 4 aliphatic carbocycles. The molecule has 360 valence electrons. The highest BCUT2D eigenvalue weighted by Gasteiger charge is 2.48. The van der Waals surface area contributed by atoms with E-state index in [1.54, 1.807) is 0 Å². The molecule has 8 unspecified atom stereocenters. The van der Waals surface area contributed by atoms with Crippen LogP contribution < -0.4 is 24.4 Å². The number of rotatable bonds is 13. The first-order chi connectivity index (χ1) is 33.0. The number of esters is 4. The maximum atomic E-state index is 14.6. The van der Waals surface area contributed by atoms with Gasteiger partial charge in [-0.3, -0.25) is 43.2 Å². The number of aliphatic hydroxyl groups is 4. The Labute approximate surface area is 395 Å². The monoisotopic (exact) mass is 958 g/mol. The lowest BCUT2D eigenvalue weighted by Gasteiger charge is -2.30. The molecule has 0 saturated carbocycles. The van der Waals surface area contributed by atoms with Gasteiger partial charge in [0.1, 0.15) is 46.1 Å². The summed E-state index contributed by atoms with van der Waals surface area (Å²) in [7, 11) is 0. The fourth-order valence-corrected chi connectivity index (χ4v) is 7.99. The van der Waals surface area contributed by atoms with Gasteiger partial charge < -0.3 is 48.9 Å². The number of phenolic OH excluding ortho intramolecular Hbond substituents is 1. The molecule has 8 atom stereocenters. The summed E-state index contributed by atoms with van der Waals surface area (Å²) in [5, 5.41) is 55.3. The third kappa shape index (κ3) is 8.85. The van der Waals surface area contributed by atoms with E-state index < -0.39 is 144 Å². The molecule has 70 heavy (non-hydrogen) atoms. The Morgan fingerprint density at radius 3 is 1.30 bits per heavy atom. The average molecular weight is 959 g/mol. The van der Waals surface area contributed by atoms with Crippen molar-refractivity contribution in [3.05, 3.63) is 138 Å². The first-order valence-electron chi connectivity index (χ1n) is 21.2. The SMILES string of the molecule is CC(=O)C1(O)C=CC=CC1C(=O)Oc1cc(O)c2c(=O)c(OC(=O)C3C=CC=CC3(O)C(C)=O)c(-c3ccc(OC(=O)C4C=CC=CC4(O)C(C)=O)c(OC(=O)C4C=CC=CC4(O)C(C)=O)c3)oc2c1. The minimum absolute atomic E-state index is 0.348. The largest absolute Gasteiger partial charge is 0.507 e. The Morgan fingerprint density at radius 1 is 0.500 bits per heavy atom. The second kappa shape index (κ2) is 18.7. The summed E-state index contributed by atoms with van der Waals surface area (Å²) in [5.41, 5.74) is -11.8. The van der Waals surface area contributed by atoms with E-state index in [0.717, 1.165) is 94.5 Å². The molecule has 0 aliphatic heterocycles. The number of ketones is 4. The van der Waals surface area contributed by atoms with Crippen LogP contribution in [0.5, 0.6) is 28.7 Å². The van der Waals surface area contributed by atoms with Gasteiger partial charge in [-0.1, -0.05) is 72.9 Å². The highest BCUT2D eigenvalue weighted by molar-refractivity contribution is 5.99. The van der Waals surface area contributed by atoms with Crippen molar-refractivity contribution >= 4 is 58.0 Å². The molecule has 0 fully saturated rings. The summed E-state index contributed by atoms with van der Waals surface area (Å²) in [6, 6.07) is 4.77. The van der Waals surface area contributed by atoms with E-state index in [2.05, 4.69) is 0 Å². The molecule has 1 heterocycles. The number of carbonyl (C=O) groups excluding carboxylic acids is 8. The molecule has 19 heteroatoms. The van der Waals surface area contributed by atoms with Gasteiger partial charge in [0.15, 0.2) is 62.8 Å². The molecular weight excluding hydrogens is 917 g/mol. The Balaban J connectivity index is 1.39. The van der Waals surface area contributed by atoms with Gasteiger partial charge in [-0.25, -0.2) is 0 Å². The van der Waals surface area contributed by atoms with Crippen molar-refractivity contribution in [2.75, 3.05) is 0 Å². The van der Waals surface area contributed by atoms with Gasteiger partial charge >= 0.3 is 23.9 Å². The van der Waals surface area contributed by atoms with E-state index >= 15 is 0 Å². The lowest BCUT2D eigenvalue weighted by atomic mass is 9.81. The van der Waals surface area contributed by atoms with Gasteiger partial charge in [0.2, 0.25) is 11.2 Å². The van der Waals surface area contributed by atoms with Crippen molar-refractivity contribution in [2.24, 2.45) is 23.7 Å². The molecule has 3 aromatic rings. The molecule has 0 saturated heterocycles. The number of hydrogen-bond acceptors (Lipinski definition) is 19. The molecule has 0 radical (unpaired) electrons. The molecule has 0 spiro atoms. The Bertz CT molecular complexity index is 3120. The minimum Gasteiger partial charge on any atom is -0.507 e. The van der Waals surface area contributed by atoms with E-state index in [9.17, 15) is 68.7 Å². The van der Waals surface area contributed by atoms with E-state index in [4.69, 9.17) is 23.4 Å². The summed E-state index contributed by atoms with van der Waals surface area (Å²) in [6.07, 6.45) is 19.6. The van der Waals surface area contributed by atoms with E-state index in [-0.39, 0.29) is 5.56 Å². The molecule has 1 aromatic heterocycles. The number of carbonyl (C=O) groups is 8. The molecule has 19 nitrogen and oxygen atoms in total. The third-order valence-corrected chi connectivity index (χ3v) is 12.2. The third-order valence-electron chi connectivity index (χ3n) is 12.2. The van der Waals surface area contributed by atoms with Crippen LogP contribution >= 0.6 is 0 Å². The topological polar surface area (TPSA) is 305 Å². The van der Waals surface area contributed by atoms with Crippen LogP contribution in [0.15, 0.2) is 137 Å². The van der Waals surface area contributed by atoms with Crippen molar-refractivity contribution in [3.8, 4) is 40.1 Å². The second-order valence-corrected chi connectivity index (χ2v) is 16.7. The Morgan fingerprint density at radius 2 is 0.886 bits per heavy atom. The van der Waals surface area contributed by atoms with Crippen molar-refractivity contribution in [3.63, 3.8) is 0 Å². The molecule has 7 rings (SSSR count). The Kier molecular flexibility index (Phi) is 13.3. The standard InChI is InChI=1S/C51H42O19/c1-26(52)48(62)19-9-5-13-32(48)44(58)66-31-24-36(56)40-39(25-31)67-42(43(41(40)57)70-47(61)35-16-8-12-22-51(35,65)29(4)55)30-17-18-37(68-45(59)33-14-6-10-20-49(33,63)27(2)53)38(23-30)69-46(60)34-15-7-11-21-50(34,64)28(3)54/h5-25,32-35,56,62-65H,1-4H3. The molecule has 2 aromatic carbocycles. The lowest BCUT2D eigenvalue weighted by molar-refractivity contribution is -0.152. The molecule has 4 aliphatic rings. The molecule has 5 N–H and O–H groups in total. The lowest BCUT2D eigenvalue weighted by Crippen LogP contribution is -2.48. The summed E-state index contributed by atoms with van der Waals surface area (Å²) in [6.45, 7) is 4.10. The number of benzene rings is 2. The number of hydrogen-bond donors (Lipinski definition) is 5. The van der Waals surface area contributed by atoms with E-state index in [1.807, 2.05) is 0 Å². The van der Waals surface area contributed by atoms with Crippen LogP contribution in [0.1, 0.15) is 27.7 Å². The number of allylic oxidation sites excluding steroid dienone is 8. The number of aromatic hydroxyl groups is 1. The quantitative estimate of drug-likeness (QED) is 0.121. The predicted molar refractivity (Wildman–Crippen MR) is 242 cm³/mol. The van der Waals surface area contributed by atoms with Gasteiger partial charge in [0, 0.05) is 17.7 Å². The summed E-state index contributed by atoms with van der Waals surface area (Å²) < 4.78 is 28.5. The zero-order valence-electron chi connectivity index (χ0n) is 37.4. The van der Waals surface area contributed by atoms with Crippen molar-refractivity contribution in [1.82, 2.24) is 0 Å². The number of phenols is 1. The maximum absolute atomic E-state index is 14.6. The van der Waals surface area contributed by atoms with Crippen molar-refractivity contribution in [1.29, 1.82) is 0 Å². The van der Waals surface area contributed by atoms with Crippen LogP contribution in [0.4, 0.5) is 0 Å². The molecular formula is C51H42O19. The van der Waals surface area contributed by atoms with Crippen LogP contribution in [0, 0.1) is 23.7 Å². The van der Waals surface area contributed by atoms with E-state index in [1.165, 1.54) is 60.8 Å². The maximum Gasteiger partial charge on any atom is 0.322 e. The van der Waals surface area contributed by atoms with Crippen LogP contribution in [-0.2, 0) is 38.4 Å². The fourth-order valence-electron chi connectivity index (χ4n) is 7.99. The first kappa shape index (κ1) is 49.7. The summed E-state index contributed by atoms with van der Waals surface area (Å²) in [5.74, 6) is -19.6.